The van der Waals surface area contributed by atoms with Crippen LogP contribution in [0.15, 0.2) is 30.3 Å². The summed E-state index contributed by atoms with van der Waals surface area (Å²) in [5.74, 6) is 1.90. The standard InChI is InChI=1S/C12H19NS/c1-13-10-12(8-9-14-2)11-6-4-3-5-7-11/h3-7,12-13H,8-10H2,1-2H3. The molecule has 1 unspecified atom stereocenters. The topological polar surface area (TPSA) is 12.0 Å². The van der Waals surface area contributed by atoms with Crippen LogP contribution in [0.25, 0.3) is 0 Å². The summed E-state index contributed by atoms with van der Waals surface area (Å²) in [5.41, 5.74) is 1.45. The molecule has 0 aromatic heterocycles. The van der Waals surface area contributed by atoms with Crippen molar-refractivity contribution < 1.29 is 0 Å². The van der Waals surface area contributed by atoms with Gasteiger partial charge in [-0.05, 0) is 37.0 Å². The fourth-order valence-corrected chi connectivity index (χ4v) is 2.14. The van der Waals surface area contributed by atoms with E-state index >= 15 is 0 Å². The first kappa shape index (κ1) is 11.6. The average molecular weight is 209 g/mol. The lowest BCUT2D eigenvalue weighted by atomic mass is 9.96. The second-order valence-electron chi connectivity index (χ2n) is 3.45. The first-order chi connectivity index (χ1) is 6.88. The van der Waals surface area contributed by atoms with Gasteiger partial charge in [0.2, 0.25) is 0 Å². The Morgan fingerprint density at radius 3 is 2.57 bits per heavy atom. The Morgan fingerprint density at radius 2 is 2.00 bits per heavy atom. The van der Waals surface area contributed by atoms with Crippen molar-refractivity contribution in [1.82, 2.24) is 5.32 Å². The molecule has 0 heterocycles. The number of thioether (sulfide) groups is 1. The lowest BCUT2D eigenvalue weighted by Gasteiger charge is -2.16. The van der Waals surface area contributed by atoms with Crippen molar-refractivity contribution in [2.75, 3.05) is 25.6 Å². The molecule has 1 aromatic carbocycles. The molecule has 0 bridgehead atoms. The predicted molar refractivity (Wildman–Crippen MR) is 66.1 cm³/mol. The Morgan fingerprint density at radius 1 is 1.29 bits per heavy atom. The van der Waals surface area contributed by atoms with Gasteiger partial charge in [-0.15, -0.1) is 0 Å². The van der Waals surface area contributed by atoms with Crippen LogP contribution in [0, 0.1) is 0 Å². The van der Waals surface area contributed by atoms with Crippen molar-refractivity contribution in [3.8, 4) is 0 Å². The van der Waals surface area contributed by atoms with Gasteiger partial charge < -0.3 is 5.32 Å². The minimum Gasteiger partial charge on any atom is -0.319 e. The van der Waals surface area contributed by atoms with Crippen molar-refractivity contribution in [1.29, 1.82) is 0 Å². The Hall–Kier alpha value is -0.470. The lowest BCUT2D eigenvalue weighted by Crippen LogP contribution is -2.17. The quantitative estimate of drug-likeness (QED) is 0.773. The van der Waals surface area contributed by atoms with E-state index in [1.807, 2.05) is 18.8 Å². The second-order valence-corrected chi connectivity index (χ2v) is 4.43. The largest absolute Gasteiger partial charge is 0.319 e. The van der Waals surface area contributed by atoms with E-state index in [2.05, 4.69) is 41.9 Å². The number of benzene rings is 1. The maximum absolute atomic E-state index is 3.27. The molecule has 14 heavy (non-hydrogen) atoms. The van der Waals surface area contributed by atoms with Crippen molar-refractivity contribution in [2.24, 2.45) is 0 Å². The Kier molecular flexibility index (Phi) is 5.72. The van der Waals surface area contributed by atoms with Crippen molar-refractivity contribution in [2.45, 2.75) is 12.3 Å². The Balaban J connectivity index is 2.58. The van der Waals surface area contributed by atoms with Crippen LogP contribution in [0.2, 0.25) is 0 Å². The molecule has 1 nitrogen and oxygen atoms in total. The van der Waals surface area contributed by atoms with E-state index in [-0.39, 0.29) is 0 Å². The molecular weight excluding hydrogens is 190 g/mol. The molecule has 78 valence electrons. The van der Waals surface area contributed by atoms with Gasteiger partial charge in [0.1, 0.15) is 0 Å². The number of likely N-dealkylation sites (N-methyl/N-ethyl adjacent to an activating group) is 1. The van der Waals surface area contributed by atoms with Crippen LogP contribution < -0.4 is 5.32 Å². The van der Waals surface area contributed by atoms with Crippen LogP contribution >= 0.6 is 11.8 Å². The fourth-order valence-electron chi connectivity index (χ4n) is 1.62. The summed E-state index contributed by atoms with van der Waals surface area (Å²) in [5, 5.41) is 3.27. The van der Waals surface area contributed by atoms with E-state index in [1.54, 1.807) is 0 Å². The van der Waals surface area contributed by atoms with E-state index in [0.29, 0.717) is 5.92 Å². The molecule has 1 atom stereocenters. The van der Waals surface area contributed by atoms with E-state index in [4.69, 9.17) is 0 Å². The van der Waals surface area contributed by atoms with Crippen LogP contribution in [0.1, 0.15) is 17.9 Å². The molecule has 0 spiro atoms. The lowest BCUT2D eigenvalue weighted by molar-refractivity contribution is 0.616. The van der Waals surface area contributed by atoms with Gasteiger partial charge in [0.25, 0.3) is 0 Å². The van der Waals surface area contributed by atoms with Gasteiger partial charge in [0, 0.05) is 6.54 Å². The average Bonchev–Trinajstić information content (AvgIpc) is 2.25. The highest BCUT2D eigenvalue weighted by atomic mass is 32.2. The second kappa shape index (κ2) is 6.91. The third-order valence-electron chi connectivity index (χ3n) is 2.39. The minimum atomic E-state index is 0.661. The Bertz CT molecular complexity index is 235. The number of rotatable bonds is 6. The molecule has 0 radical (unpaired) electrons. The molecule has 2 heteroatoms. The minimum absolute atomic E-state index is 0.661. The number of hydrogen-bond donors (Lipinski definition) is 1. The first-order valence-electron chi connectivity index (χ1n) is 5.07. The molecule has 0 aliphatic rings. The highest BCUT2D eigenvalue weighted by molar-refractivity contribution is 7.98. The predicted octanol–water partition coefficient (Wildman–Crippen LogP) is 2.74. The summed E-state index contributed by atoms with van der Waals surface area (Å²) in [6, 6.07) is 10.8. The van der Waals surface area contributed by atoms with Crippen LogP contribution in [0.5, 0.6) is 0 Å². The normalized spacial score (nSPS) is 12.7. The summed E-state index contributed by atoms with van der Waals surface area (Å²) in [6.45, 7) is 1.07. The van der Waals surface area contributed by atoms with E-state index in [9.17, 15) is 0 Å². The van der Waals surface area contributed by atoms with E-state index in [0.717, 1.165) is 6.54 Å². The number of hydrogen-bond acceptors (Lipinski definition) is 2. The molecule has 1 rings (SSSR count). The van der Waals surface area contributed by atoms with Gasteiger partial charge in [-0.1, -0.05) is 30.3 Å². The molecule has 0 aliphatic heterocycles. The molecule has 0 saturated carbocycles. The zero-order valence-corrected chi connectivity index (χ0v) is 9.81. The van der Waals surface area contributed by atoms with Crippen LogP contribution in [-0.2, 0) is 0 Å². The van der Waals surface area contributed by atoms with Gasteiger partial charge >= 0.3 is 0 Å². The van der Waals surface area contributed by atoms with Gasteiger partial charge in [-0.2, -0.15) is 11.8 Å². The monoisotopic (exact) mass is 209 g/mol. The third kappa shape index (κ3) is 3.72. The summed E-state index contributed by atoms with van der Waals surface area (Å²) in [4.78, 5) is 0. The summed E-state index contributed by atoms with van der Waals surface area (Å²) in [7, 11) is 2.02. The molecule has 1 N–H and O–H groups in total. The zero-order valence-electron chi connectivity index (χ0n) is 8.99. The highest BCUT2D eigenvalue weighted by Crippen LogP contribution is 2.20. The smallest absolute Gasteiger partial charge is 0.00174 e. The third-order valence-corrected chi connectivity index (χ3v) is 3.04. The van der Waals surface area contributed by atoms with Crippen molar-refractivity contribution in [3.05, 3.63) is 35.9 Å². The maximum Gasteiger partial charge on any atom is 0.00174 e. The summed E-state index contributed by atoms with van der Waals surface area (Å²) >= 11 is 1.92. The zero-order chi connectivity index (χ0) is 10.2. The highest BCUT2D eigenvalue weighted by Gasteiger charge is 2.08. The molecule has 0 aliphatic carbocycles. The molecule has 0 amide bonds. The van der Waals surface area contributed by atoms with Crippen LogP contribution in [0.3, 0.4) is 0 Å². The first-order valence-corrected chi connectivity index (χ1v) is 6.46. The van der Waals surface area contributed by atoms with Gasteiger partial charge in [0.15, 0.2) is 0 Å². The fraction of sp³-hybridized carbons (Fsp3) is 0.500. The molecule has 1 aromatic rings. The molecule has 0 fully saturated rings. The van der Waals surface area contributed by atoms with Gasteiger partial charge in [0.05, 0.1) is 0 Å². The molecule has 0 saturated heterocycles. The van der Waals surface area contributed by atoms with Crippen molar-refractivity contribution >= 4 is 11.8 Å². The van der Waals surface area contributed by atoms with E-state index in [1.165, 1.54) is 17.7 Å². The van der Waals surface area contributed by atoms with E-state index < -0.39 is 0 Å². The summed E-state index contributed by atoms with van der Waals surface area (Å²) < 4.78 is 0. The summed E-state index contributed by atoms with van der Waals surface area (Å²) in [6.07, 6.45) is 3.42. The Labute approximate surface area is 91.3 Å². The van der Waals surface area contributed by atoms with Crippen LogP contribution in [0.4, 0.5) is 0 Å². The SMILES string of the molecule is CNCC(CCSC)c1ccccc1. The number of nitrogens with one attached hydrogen (secondary N) is 1. The molecular formula is C12H19NS. The van der Waals surface area contributed by atoms with Gasteiger partial charge in [-0.3, -0.25) is 0 Å². The van der Waals surface area contributed by atoms with Crippen molar-refractivity contribution in [3.63, 3.8) is 0 Å². The van der Waals surface area contributed by atoms with Crippen LogP contribution in [-0.4, -0.2) is 25.6 Å². The van der Waals surface area contributed by atoms with Gasteiger partial charge in [-0.25, -0.2) is 0 Å². The maximum atomic E-state index is 3.27.